The molecule has 0 amide bonds. The topological polar surface area (TPSA) is 24.5 Å². The number of hydrogen-bond donors (Lipinski definition) is 1. The number of nitrogens with zero attached hydrogens (tertiary/aromatic N) is 1. The summed E-state index contributed by atoms with van der Waals surface area (Å²) in [5.74, 6) is 0. The Morgan fingerprint density at radius 1 is 1.20 bits per heavy atom. The summed E-state index contributed by atoms with van der Waals surface area (Å²) in [4.78, 5) is 2.62. The second kappa shape index (κ2) is 6.33. The molecule has 1 aliphatic heterocycles. The second-order valence-corrected chi connectivity index (χ2v) is 7.25. The number of ether oxygens (including phenoxy) is 1. The third-order valence-corrected chi connectivity index (χ3v) is 5.90. The first-order valence-electron chi connectivity index (χ1n) is 8.84. The molecule has 3 unspecified atom stereocenters. The lowest BCUT2D eigenvalue weighted by Gasteiger charge is -2.55. The Hall–Kier alpha value is -0.120. The van der Waals surface area contributed by atoms with Gasteiger partial charge in [-0.1, -0.05) is 12.8 Å². The molecule has 116 valence electrons. The fraction of sp³-hybridized carbons (Fsp3) is 1.00. The third kappa shape index (κ3) is 2.77. The van der Waals surface area contributed by atoms with E-state index in [0.29, 0.717) is 23.6 Å². The van der Waals surface area contributed by atoms with E-state index in [-0.39, 0.29) is 0 Å². The molecule has 3 rings (SSSR count). The van der Waals surface area contributed by atoms with Crippen molar-refractivity contribution in [2.75, 3.05) is 26.2 Å². The molecule has 3 fully saturated rings. The van der Waals surface area contributed by atoms with Crippen LogP contribution in [0.2, 0.25) is 0 Å². The van der Waals surface area contributed by atoms with E-state index in [2.05, 4.69) is 24.1 Å². The Kier molecular flexibility index (Phi) is 4.68. The zero-order valence-electron chi connectivity index (χ0n) is 13.4. The molecular weight excluding hydrogens is 248 g/mol. The van der Waals surface area contributed by atoms with Gasteiger partial charge in [-0.2, -0.15) is 0 Å². The standard InChI is InChI=1S/C17H32N2O/c1-3-20-16-12-15(17(16)8-4-5-9-17)18-14(2)13-19-10-6-7-11-19/h14-16,18H,3-13H2,1-2H3. The van der Waals surface area contributed by atoms with Crippen molar-refractivity contribution < 1.29 is 4.74 Å². The van der Waals surface area contributed by atoms with E-state index >= 15 is 0 Å². The maximum atomic E-state index is 6.01. The van der Waals surface area contributed by atoms with Crippen LogP contribution in [-0.2, 0) is 4.74 Å². The molecule has 3 aliphatic rings. The summed E-state index contributed by atoms with van der Waals surface area (Å²) in [6, 6.07) is 1.33. The molecule has 1 spiro atoms. The predicted molar refractivity (Wildman–Crippen MR) is 83.0 cm³/mol. The van der Waals surface area contributed by atoms with E-state index in [0.717, 1.165) is 6.61 Å². The van der Waals surface area contributed by atoms with Crippen LogP contribution in [0.1, 0.15) is 58.8 Å². The number of likely N-dealkylation sites (tertiary alicyclic amines) is 1. The van der Waals surface area contributed by atoms with Crippen molar-refractivity contribution in [1.82, 2.24) is 10.2 Å². The van der Waals surface area contributed by atoms with Crippen LogP contribution in [0, 0.1) is 5.41 Å². The summed E-state index contributed by atoms with van der Waals surface area (Å²) < 4.78 is 6.01. The largest absolute Gasteiger partial charge is 0.378 e. The second-order valence-electron chi connectivity index (χ2n) is 7.25. The van der Waals surface area contributed by atoms with E-state index in [1.165, 1.54) is 64.6 Å². The van der Waals surface area contributed by atoms with Crippen LogP contribution >= 0.6 is 0 Å². The number of rotatable bonds is 6. The van der Waals surface area contributed by atoms with Crippen molar-refractivity contribution in [3.8, 4) is 0 Å². The average molecular weight is 280 g/mol. The van der Waals surface area contributed by atoms with Crippen molar-refractivity contribution in [2.24, 2.45) is 5.41 Å². The summed E-state index contributed by atoms with van der Waals surface area (Å²) in [6.07, 6.45) is 10.1. The minimum Gasteiger partial charge on any atom is -0.378 e. The molecule has 1 heterocycles. The van der Waals surface area contributed by atoms with Gasteiger partial charge in [-0.15, -0.1) is 0 Å². The van der Waals surface area contributed by atoms with Gasteiger partial charge in [-0.25, -0.2) is 0 Å². The molecule has 2 saturated carbocycles. The molecule has 20 heavy (non-hydrogen) atoms. The highest BCUT2D eigenvalue weighted by atomic mass is 16.5. The van der Waals surface area contributed by atoms with Gasteiger partial charge in [0.2, 0.25) is 0 Å². The highest BCUT2D eigenvalue weighted by Gasteiger charge is 2.56. The Morgan fingerprint density at radius 2 is 1.90 bits per heavy atom. The Labute approximate surface area is 124 Å². The minimum absolute atomic E-state index is 0.481. The molecule has 1 saturated heterocycles. The Morgan fingerprint density at radius 3 is 2.55 bits per heavy atom. The molecular formula is C17H32N2O. The van der Waals surface area contributed by atoms with E-state index in [9.17, 15) is 0 Å². The highest BCUT2D eigenvalue weighted by Crippen LogP contribution is 2.54. The summed E-state index contributed by atoms with van der Waals surface area (Å²) >= 11 is 0. The van der Waals surface area contributed by atoms with Crippen molar-refractivity contribution in [3.05, 3.63) is 0 Å². The molecule has 3 atom stereocenters. The van der Waals surface area contributed by atoms with Crippen molar-refractivity contribution in [3.63, 3.8) is 0 Å². The molecule has 0 aromatic heterocycles. The molecule has 0 bridgehead atoms. The predicted octanol–water partition coefficient (Wildman–Crippen LogP) is 2.80. The lowest BCUT2D eigenvalue weighted by Crippen LogP contribution is -2.64. The summed E-state index contributed by atoms with van der Waals surface area (Å²) in [5.41, 5.74) is 0.481. The maximum Gasteiger partial charge on any atom is 0.0661 e. The Bertz CT molecular complexity index is 308. The van der Waals surface area contributed by atoms with Crippen LogP contribution in [0.15, 0.2) is 0 Å². The van der Waals surface area contributed by atoms with Gasteiger partial charge in [0, 0.05) is 30.7 Å². The van der Waals surface area contributed by atoms with Crippen LogP contribution in [0.5, 0.6) is 0 Å². The first-order valence-corrected chi connectivity index (χ1v) is 8.84. The van der Waals surface area contributed by atoms with Gasteiger partial charge in [0.15, 0.2) is 0 Å². The highest BCUT2D eigenvalue weighted by molar-refractivity contribution is 5.10. The average Bonchev–Trinajstić information content (AvgIpc) is 3.09. The van der Waals surface area contributed by atoms with Gasteiger partial charge in [0.25, 0.3) is 0 Å². The van der Waals surface area contributed by atoms with Gasteiger partial charge >= 0.3 is 0 Å². The van der Waals surface area contributed by atoms with Crippen molar-refractivity contribution in [2.45, 2.75) is 77.0 Å². The fourth-order valence-electron chi connectivity index (χ4n) is 4.87. The van der Waals surface area contributed by atoms with Gasteiger partial charge in [-0.3, -0.25) is 0 Å². The van der Waals surface area contributed by atoms with Gasteiger partial charge in [0.05, 0.1) is 6.10 Å². The summed E-state index contributed by atoms with van der Waals surface area (Å²) in [6.45, 7) is 9.23. The van der Waals surface area contributed by atoms with Crippen LogP contribution in [0.3, 0.4) is 0 Å². The summed E-state index contributed by atoms with van der Waals surface area (Å²) in [5, 5.41) is 3.94. The fourth-order valence-corrected chi connectivity index (χ4v) is 4.87. The van der Waals surface area contributed by atoms with Gasteiger partial charge < -0.3 is 15.0 Å². The number of hydrogen-bond acceptors (Lipinski definition) is 3. The van der Waals surface area contributed by atoms with Crippen molar-refractivity contribution in [1.29, 1.82) is 0 Å². The van der Waals surface area contributed by atoms with Gasteiger partial charge in [-0.05, 0) is 59.0 Å². The molecule has 3 heteroatoms. The lowest BCUT2D eigenvalue weighted by atomic mass is 9.60. The lowest BCUT2D eigenvalue weighted by molar-refractivity contribution is -0.132. The normalized spacial score (nSPS) is 34.5. The first kappa shape index (κ1) is 14.8. The maximum absolute atomic E-state index is 6.01. The monoisotopic (exact) mass is 280 g/mol. The first-order chi connectivity index (χ1) is 9.74. The Balaban J connectivity index is 1.51. The molecule has 2 aliphatic carbocycles. The molecule has 0 radical (unpaired) electrons. The zero-order chi connectivity index (χ0) is 14.0. The van der Waals surface area contributed by atoms with E-state index < -0.39 is 0 Å². The molecule has 0 aromatic rings. The zero-order valence-corrected chi connectivity index (χ0v) is 13.4. The third-order valence-electron chi connectivity index (χ3n) is 5.90. The van der Waals surface area contributed by atoms with Crippen LogP contribution in [-0.4, -0.2) is 49.3 Å². The SMILES string of the molecule is CCOC1CC(NC(C)CN2CCCC2)C12CCCC2. The van der Waals surface area contributed by atoms with Crippen LogP contribution in [0.4, 0.5) is 0 Å². The van der Waals surface area contributed by atoms with Crippen LogP contribution in [0.25, 0.3) is 0 Å². The molecule has 0 aromatic carbocycles. The van der Waals surface area contributed by atoms with Crippen molar-refractivity contribution >= 4 is 0 Å². The smallest absolute Gasteiger partial charge is 0.0661 e. The van der Waals surface area contributed by atoms with E-state index in [1.807, 2.05) is 0 Å². The molecule has 1 N–H and O–H groups in total. The van der Waals surface area contributed by atoms with Crippen LogP contribution < -0.4 is 5.32 Å². The van der Waals surface area contributed by atoms with E-state index in [1.54, 1.807) is 0 Å². The van der Waals surface area contributed by atoms with Gasteiger partial charge in [0.1, 0.15) is 0 Å². The molecule has 3 nitrogen and oxygen atoms in total. The quantitative estimate of drug-likeness (QED) is 0.810. The van der Waals surface area contributed by atoms with E-state index in [4.69, 9.17) is 4.74 Å². The minimum atomic E-state index is 0.481. The number of nitrogens with one attached hydrogen (secondary N) is 1. The summed E-state index contributed by atoms with van der Waals surface area (Å²) in [7, 11) is 0.